The quantitative estimate of drug-likeness (QED) is 0.579. The van der Waals surface area contributed by atoms with Crippen molar-refractivity contribution >= 4 is 17.5 Å². The summed E-state index contributed by atoms with van der Waals surface area (Å²) in [5, 5.41) is 10.9. The number of nitro groups is 1. The topological polar surface area (TPSA) is 107 Å². The maximum absolute atomic E-state index is 10.9. The standard InChI is InChI=1S/C9H13N5O3/c1-6-5-17-3-2-13(6)8-7(14(15)16)4-11-9(10)12-8/h4,6H,2-3,5H2,1H3,(H2,10,11,12). The summed E-state index contributed by atoms with van der Waals surface area (Å²) < 4.78 is 5.28. The minimum atomic E-state index is -0.503. The molecule has 1 atom stereocenters. The Labute approximate surface area is 97.6 Å². The molecule has 0 saturated carbocycles. The van der Waals surface area contributed by atoms with Gasteiger partial charge in [-0.1, -0.05) is 0 Å². The molecule has 2 heterocycles. The minimum absolute atomic E-state index is 0.0248. The summed E-state index contributed by atoms with van der Waals surface area (Å²) in [7, 11) is 0. The summed E-state index contributed by atoms with van der Waals surface area (Å²) in [4.78, 5) is 19.8. The second-order valence-electron chi connectivity index (χ2n) is 3.81. The molecule has 2 rings (SSSR count). The first-order chi connectivity index (χ1) is 8.09. The maximum Gasteiger partial charge on any atom is 0.329 e. The lowest BCUT2D eigenvalue weighted by atomic mass is 10.2. The zero-order valence-corrected chi connectivity index (χ0v) is 9.37. The van der Waals surface area contributed by atoms with Crippen LogP contribution in [0.1, 0.15) is 6.92 Å². The van der Waals surface area contributed by atoms with Crippen molar-refractivity contribution in [2.24, 2.45) is 0 Å². The fourth-order valence-corrected chi connectivity index (χ4v) is 1.76. The molecule has 1 saturated heterocycles. The van der Waals surface area contributed by atoms with Crippen LogP contribution in [0.25, 0.3) is 0 Å². The highest BCUT2D eigenvalue weighted by molar-refractivity contribution is 5.59. The van der Waals surface area contributed by atoms with Gasteiger partial charge in [0.2, 0.25) is 11.8 Å². The van der Waals surface area contributed by atoms with Gasteiger partial charge in [-0.2, -0.15) is 4.98 Å². The van der Waals surface area contributed by atoms with Gasteiger partial charge in [-0.15, -0.1) is 0 Å². The van der Waals surface area contributed by atoms with E-state index in [9.17, 15) is 10.1 Å². The molecule has 1 aromatic heterocycles. The fraction of sp³-hybridized carbons (Fsp3) is 0.556. The number of nitrogens with two attached hydrogens (primary N) is 1. The van der Waals surface area contributed by atoms with Crippen LogP contribution < -0.4 is 10.6 Å². The molecule has 0 aromatic carbocycles. The normalized spacial score (nSPS) is 20.3. The number of nitrogen functional groups attached to an aromatic ring is 1. The Bertz CT molecular complexity index is 439. The lowest BCUT2D eigenvalue weighted by Gasteiger charge is -2.33. The largest absolute Gasteiger partial charge is 0.377 e. The van der Waals surface area contributed by atoms with E-state index in [1.807, 2.05) is 11.8 Å². The summed E-state index contributed by atoms with van der Waals surface area (Å²) >= 11 is 0. The van der Waals surface area contributed by atoms with Crippen LogP contribution in [0.15, 0.2) is 6.20 Å². The zero-order chi connectivity index (χ0) is 12.4. The number of ether oxygens (including phenoxy) is 1. The van der Waals surface area contributed by atoms with Crippen molar-refractivity contribution < 1.29 is 9.66 Å². The van der Waals surface area contributed by atoms with Gasteiger partial charge in [0, 0.05) is 6.54 Å². The van der Waals surface area contributed by atoms with E-state index in [0.717, 1.165) is 6.20 Å². The van der Waals surface area contributed by atoms with Gasteiger partial charge in [-0.25, -0.2) is 4.98 Å². The van der Waals surface area contributed by atoms with Crippen molar-refractivity contribution in [2.75, 3.05) is 30.4 Å². The Morgan fingerprint density at radius 2 is 2.47 bits per heavy atom. The molecule has 8 nitrogen and oxygen atoms in total. The molecule has 1 aliphatic rings. The monoisotopic (exact) mass is 239 g/mol. The number of anilines is 2. The van der Waals surface area contributed by atoms with Crippen molar-refractivity contribution in [3.63, 3.8) is 0 Å². The average Bonchev–Trinajstić information content (AvgIpc) is 2.29. The SMILES string of the molecule is CC1COCCN1c1nc(N)ncc1[N+](=O)[O-]. The molecule has 17 heavy (non-hydrogen) atoms. The first-order valence-corrected chi connectivity index (χ1v) is 5.21. The van der Waals surface area contributed by atoms with Gasteiger partial charge in [-0.3, -0.25) is 10.1 Å². The van der Waals surface area contributed by atoms with Gasteiger partial charge in [0.15, 0.2) is 0 Å². The molecular weight excluding hydrogens is 226 g/mol. The van der Waals surface area contributed by atoms with Crippen LogP contribution in [0.5, 0.6) is 0 Å². The highest BCUT2D eigenvalue weighted by atomic mass is 16.6. The van der Waals surface area contributed by atoms with Crippen LogP contribution in [0.3, 0.4) is 0 Å². The van der Waals surface area contributed by atoms with Gasteiger partial charge in [0.25, 0.3) is 0 Å². The molecule has 8 heteroatoms. The summed E-state index contributed by atoms with van der Waals surface area (Å²) in [6.45, 7) is 3.51. The van der Waals surface area contributed by atoms with Gasteiger partial charge in [-0.05, 0) is 6.92 Å². The van der Waals surface area contributed by atoms with Gasteiger partial charge < -0.3 is 15.4 Å². The minimum Gasteiger partial charge on any atom is -0.377 e. The molecular formula is C9H13N5O3. The Balaban J connectivity index is 2.41. The van der Waals surface area contributed by atoms with E-state index < -0.39 is 4.92 Å². The van der Waals surface area contributed by atoms with Gasteiger partial charge >= 0.3 is 5.69 Å². The molecule has 0 radical (unpaired) electrons. The van der Waals surface area contributed by atoms with Crippen molar-refractivity contribution in [1.82, 2.24) is 9.97 Å². The second kappa shape index (κ2) is 4.50. The van der Waals surface area contributed by atoms with E-state index in [4.69, 9.17) is 10.5 Å². The zero-order valence-electron chi connectivity index (χ0n) is 9.37. The molecule has 0 amide bonds. The third-order valence-electron chi connectivity index (χ3n) is 2.61. The molecule has 1 unspecified atom stereocenters. The van der Waals surface area contributed by atoms with E-state index >= 15 is 0 Å². The number of rotatable bonds is 2. The van der Waals surface area contributed by atoms with Crippen molar-refractivity contribution in [1.29, 1.82) is 0 Å². The lowest BCUT2D eigenvalue weighted by molar-refractivity contribution is -0.384. The van der Waals surface area contributed by atoms with E-state index in [1.165, 1.54) is 0 Å². The van der Waals surface area contributed by atoms with Crippen molar-refractivity contribution in [3.8, 4) is 0 Å². The van der Waals surface area contributed by atoms with Crippen LogP contribution in [0.2, 0.25) is 0 Å². The van der Waals surface area contributed by atoms with Crippen LogP contribution in [0, 0.1) is 10.1 Å². The first-order valence-electron chi connectivity index (χ1n) is 5.21. The Morgan fingerprint density at radius 1 is 1.71 bits per heavy atom. The average molecular weight is 239 g/mol. The van der Waals surface area contributed by atoms with E-state index in [1.54, 1.807) is 0 Å². The Morgan fingerprint density at radius 3 is 3.12 bits per heavy atom. The third-order valence-corrected chi connectivity index (χ3v) is 2.61. The molecule has 1 aliphatic heterocycles. The second-order valence-corrected chi connectivity index (χ2v) is 3.81. The van der Waals surface area contributed by atoms with Crippen LogP contribution >= 0.6 is 0 Å². The summed E-state index contributed by atoms with van der Waals surface area (Å²) in [6, 6.07) is 0.0248. The highest BCUT2D eigenvalue weighted by Gasteiger charge is 2.28. The predicted molar refractivity (Wildman–Crippen MR) is 60.7 cm³/mol. The maximum atomic E-state index is 10.9. The van der Waals surface area contributed by atoms with Crippen molar-refractivity contribution in [2.45, 2.75) is 13.0 Å². The van der Waals surface area contributed by atoms with Crippen LogP contribution in [-0.4, -0.2) is 40.7 Å². The summed E-state index contributed by atoms with van der Waals surface area (Å²) in [5.41, 5.74) is 5.35. The van der Waals surface area contributed by atoms with Gasteiger partial charge in [0.1, 0.15) is 6.20 Å². The number of hydrogen-bond acceptors (Lipinski definition) is 7. The van der Waals surface area contributed by atoms with E-state index in [2.05, 4.69) is 9.97 Å². The highest BCUT2D eigenvalue weighted by Crippen LogP contribution is 2.28. The van der Waals surface area contributed by atoms with Crippen LogP contribution in [-0.2, 0) is 4.74 Å². The number of nitrogens with zero attached hydrogens (tertiary/aromatic N) is 4. The number of hydrogen-bond donors (Lipinski definition) is 1. The predicted octanol–water partition coefficient (Wildman–Crippen LogP) is 0.192. The smallest absolute Gasteiger partial charge is 0.329 e. The summed E-state index contributed by atoms with van der Waals surface area (Å²) in [5.74, 6) is 0.294. The molecule has 0 spiro atoms. The molecule has 92 valence electrons. The number of aromatic nitrogens is 2. The van der Waals surface area contributed by atoms with Crippen molar-refractivity contribution in [3.05, 3.63) is 16.3 Å². The molecule has 0 aliphatic carbocycles. The van der Waals surface area contributed by atoms with E-state index in [-0.39, 0.29) is 23.5 Å². The first kappa shape index (κ1) is 11.5. The molecule has 1 fully saturated rings. The molecule has 2 N–H and O–H groups in total. The van der Waals surface area contributed by atoms with Crippen LogP contribution in [0.4, 0.5) is 17.5 Å². The Hall–Kier alpha value is -1.96. The summed E-state index contributed by atoms with van der Waals surface area (Å²) in [6.07, 6.45) is 1.14. The fourth-order valence-electron chi connectivity index (χ4n) is 1.76. The Kier molecular flexibility index (Phi) is 3.05. The lowest BCUT2D eigenvalue weighted by Crippen LogP contribution is -2.44. The van der Waals surface area contributed by atoms with E-state index in [0.29, 0.717) is 19.8 Å². The molecule has 1 aromatic rings. The third kappa shape index (κ3) is 2.26. The number of morpholine rings is 1. The molecule has 0 bridgehead atoms. The van der Waals surface area contributed by atoms with Gasteiger partial charge in [0.05, 0.1) is 24.2 Å².